The molecule has 0 aliphatic heterocycles. The van der Waals surface area contributed by atoms with Crippen LogP contribution in [0, 0.1) is 5.92 Å². The predicted molar refractivity (Wildman–Crippen MR) is 122 cm³/mol. The molecule has 0 spiro atoms. The van der Waals surface area contributed by atoms with Crippen molar-refractivity contribution >= 4 is 7.82 Å². The van der Waals surface area contributed by atoms with Crippen LogP contribution < -0.4 is 5.73 Å². The molecular formula is C22H50NO5P. The first-order valence-electron chi connectivity index (χ1n) is 11.8. The molecule has 0 aromatic rings. The summed E-state index contributed by atoms with van der Waals surface area (Å²) < 4.78 is 8.88. The molecule has 0 fully saturated rings. The van der Waals surface area contributed by atoms with Crippen LogP contribution in [-0.4, -0.2) is 25.5 Å². The Labute approximate surface area is 179 Å². The van der Waals surface area contributed by atoms with E-state index < -0.39 is 13.5 Å². The van der Waals surface area contributed by atoms with Gasteiger partial charge in [-0.1, -0.05) is 117 Å². The molecule has 0 radical (unpaired) electrons. The molecule has 0 aliphatic rings. The van der Waals surface area contributed by atoms with Gasteiger partial charge in [-0.2, -0.15) is 0 Å². The molecule has 0 heterocycles. The molecule has 0 rings (SSSR count). The Morgan fingerprint density at radius 3 is 1.21 bits per heavy atom. The highest BCUT2D eigenvalue weighted by Crippen LogP contribution is 2.25. The molecule has 0 saturated heterocycles. The van der Waals surface area contributed by atoms with Crippen molar-refractivity contribution in [2.45, 2.75) is 136 Å². The molecule has 0 aromatic heterocycles. The van der Waals surface area contributed by atoms with Crippen molar-refractivity contribution in [2.75, 3.05) is 0 Å². The quantitative estimate of drug-likeness (QED) is 0.101. The summed E-state index contributed by atoms with van der Waals surface area (Å²) >= 11 is 0. The van der Waals surface area contributed by atoms with Gasteiger partial charge in [-0.3, -0.25) is 0 Å². The monoisotopic (exact) mass is 439 g/mol. The van der Waals surface area contributed by atoms with E-state index in [1.807, 2.05) is 6.92 Å². The summed E-state index contributed by atoms with van der Waals surface area (Å²) in [7, 11) is -4.64. The summed E-state index contributed by atoms with van der Waals surface area (Å²) in [4.78, 5) is 21.6. The van der Waals surface area contributed by atoms with Crippen molar-refractivity contribution in [3.05, 3.63) is 0 Å². The second-order valence-electron chi connectivity index (χ2n) is 8.73. The zero-order valence-electron chi connectivity index (χ0n) is 19.3. The lowest BCUT2D eigenvalue weighted by molar-refractivity contribution is 0.00810. The van der Waals surface area contributed by atoms with E-state index in [1.54, 1.807) is 6.92 Å². The Balaban J connectivity index is 0. The lowest BCUT2D eigenvalue weighted by Crippen LogP contribution is -2.42. The van der Waals surface area contributed by atoms with E-state index in [0.29, 0.717) is 0 Å². The number of phosphoric acid groups is 1. The number of rotatable bonds is 18. The highest BCUT2D eigenvalue weighted by Gasteiger charge is 2.21. The number of aliphatic hydroxyl groups is 1. The van der Waals surface area contributed by atoms with Crippen LogP contribution in [0.15, 0.2) is 0 Å². The fourth-order valence-corrected chi connectivity index (χ4v) is 3.29. The molecule has 2 atom stereocenters. The van der Waals surface area contributed by atoms with Crippen molar-refractivity contribution in [1.29, 1.82) is 0 Å². The Morgan fingerprint density at radius 2 is 0.966 bits per heavy atom. The van der Waals surface area contributed by atoms with Gasteiger partial charge in [-0.05, 0) is 19.3 Å². The van der Waals surface area contributed by atoms with Crippen LogP contribution >= 0.6 is 7.82 Å². The largest absolute Gasteiger partial charge is 0.466 e. The van der Waals surface area contributed by atoms with Crippen LogP contribution in [0.1, 0.15) is 130 Å². The fraction of sp³-hybridized carbons (Fsp3) is 1.00. The van der Waals surface area contributed by atoms with E-state index in [2.05, 4.69) is 6.92 Å². The van der Waals surface area contributed by atoms with Gasteiger partial charge in [0.1, 0.15) is 5.72 Å². The topological polar surface area (TPSA) is 124 Å². The number of hydrogen-bond donors (Lipinski definition) is 5. The Kier molecular flexibility index (Phi) is 21.5. The Bertz CT molecular complexity index is 374. The minimum atomic E-state index is -4.64. The third kappa shape index (κ3) is 32.9. The maximum Gasteiger partial charge on any atom is 0.466 e. The first-order chi connectivity index (χ1) is 13.5. The molecule has 2 unspecified atom stereocenters. The van der Waals surface area contributed by atoms with Crippen LogP contribution in [0.3, 0.4) is 0 Å². The lowest BCUT2D eigenvalue weighted by Gasteiger charge is -2.25. The summed E-state index contributed by atoms with van der Waals surface area (Å²) in [5.41, 5.74) is 4.70. The van der Waals surface area contributed by atoms with Crippen molar-refractivity contribution in [3.63, 3.8) is 0 Å². The van der Waals surface area contributed by atoms with Crippen molar-refractivity contribution in [1.82, 2.24) is 0 Å². The molecule has 6 N–H and O–H groups in total. The average Bonchev–Trinajstić information content (AvgIpc) is 2.59. The number of hydrogen-bond acceptors (Lipinski definition) is 3. The normalized spacial score (nSPS) is 14.8. The van der Waals surface area contributed by atoms with Gasteiger partial charge in [0.2, 0.25) is 0 Å². The van der Waals surface area contributed by atoms with Gasteiger partial charge in [0.05, 0.1) is 0 Å². The smallest absolute Gasteiger partial charge is 0.376 e. The Morgan fingerprint density at radius 1 is 0.724 bits per heavy atom. The molecule has 6 nitrogen and oxygen atoms in total. The zero-order chi connectivity index (χ0) is 22.6. The van der Waals surface area contributed by atoms with Crippen LogP contribution in [0.4, 0.5) is 0 Å². The first-order valence-corrected chi connectivity index (χ1v) is 13.3. The van der Waals surface area contributed by atoms with Gasteiger partial charge in [-0.15, -0.1) is 0 Å². The maximum absolute atomic E-state index is 9.69. The average molecular weight is 440 g/mol. The van der Waals surface area contributed by atoms with E-state index in [1.165, 1.54) is 103 Å². The van der Waals surface area contributed by atoms with E-state index in [-0.39, 0.29) is 5.92 Å². The van der Waals surface area contributed by atoms with Gasteiger partial charge in [0, 0.05) is 0 Å². The molecule has 0 aromatic carbocycles. The molecule has 0 bridgehead atoms. The molecule has 0 amide bonds. The molecule has 0 aliphatic carbocycles. The lowest BCUT2D eigenvalue weighted by atomic mass is 9.93. The summed E-state index contributed by atoms with van der Waals surface area (Å²) in [6, 6.07) is 0. The summed E-state index contributed by atoms with van der Waals surface area (Å²) in [6.45, 7) is 6.04. The second kappa shape index (κ2) is 20.0. The third-order valence-corrected chi connectivity index (χ3v) is 5.49. The van der Waals surface area contributed by atoms with Crippen LogP contribution in [0.2, 0.25) is 0 Å². The molecule has 29 heavy (non-hydrogen) atoms. The van der Waals surface area contributed by atoms with Crippen LogP contribution in [0.25, 0.3) is 0 Å². The van der Waals surface area contributed by atoms with Gasteiger partial charge in [-0.25, -0.2) is 4.57 Å². The second-order valence-corrected chi connectivity index (χ2v) is 9.76. The predicted octanol–water partition coefficient (Wildman–Crippen LogP) is 6.01. The summed E-state index contributed by atoms with van der Waals surface area (Å²) in [6.07, 6.45) is 23.5. The summed E-state index contributed by atoms with van der Waals surface area (Å²) in [5.74, 6) is 0.198. The summed E-state index contributed by atoms with van der Waals surface area (Å²) in [5, 5.41) is 9.69. The molecule has 7 heteroatoms. The minimum Gasteiger partial charge on any atom is -0.376 e. The number of nitrogens with two attached hydrogens (primary N) is 1. The minimum absolute atomic E-state index is 0.198. The Hall–Kier alpha value is 0.0300. The first kappa shape index (κ1) is 31.2. The van der Waals surface area contributed by atoms with Crippen molar-refractivity contribution < 1.29 is 24.4 Å². The van der Waals surface area contributed by atoms with Gasteiger partial charge >= 0.3 is 7.82 Å². The highest BCUT2D eigenvalue weighted by molar-refractivity contribution is 7.45. The van der Waals surface area contributed by atoms with E-state index in [4.69, 9.17) is 25.0 Å². The maximum atomic E-state index is 9.69. The standard InChI is InChI=1S/C22H47NO.H3O4P/c1-4-5-6-7-8-9-10-11-12-13-14-15-16-17-18-19-20-21(2)22(3,23)24;1-5(2,3)4/h21,24H,4-20,23H2,1-3H3;(H3,1,2,3,4). The third-order valence-electron chi connectivity index (χ3n) is 5.49. The molecule has 178 valence electrons. The van der Waals surface area contributed by atoms with Gasteiger partial charge in [0.25, 0.3) is 0 Å². The van der Waals surface area contributed by atoms with Crippen LogP contribution in [-0.2, 0) is 4.57 Å². The van der Waals surface area contributed by atoms with Gasteiger partial charge < -0.3 is 25.5 Å². The van der Waals surface area contributed by atoms with Crippen molar-refractivity contribution in [2.24, 2.45) is 11.7 Å². The SMILES string of the molecule is CCCCCCCCCCCCCCCCCCC(C)C(C)(N)O.O=P(O)(O)O. The highest BCUT2D eigenvalue weighted by atomic mass is 31.2. The fourth-order valence-electron chi connectivity index (χ4n) is 3.29. The molecular weight excluding hydrogens is 389 g/mol. The van der Waals surface area contributed by atoms with Gasteiger partial charge in [0.15, 0.2) is 0 Å². The van der Waals surface area contributed by atoms with E-state index in [9.17, 15) is 5.11 Å². The zero-order valence-corrected chi connectivity index (χ0v) is 20.2. The van der Waals surface area contributed by atoms with Crippen molar-refractivity contribution in [3.8, 4) is 0 Å². The van der Waals surface area contributed by atoms with E-state index >= 15 is 0 Å². The van der Waals surface area contributed by atoms with Crippen LogP contribution in [0.5, 0.6) is 0 Å². The van der Waals surface area contributed by atoms with E-state index in [0.717, 1.165) is 6.42 Å². The molecule has 0 saturated carbocycles. The number of unbranched alkanes of at least 4 members (excludes halogenated alkanes) is 15.